The summed E-state index contributed by atoms with van der Waals surface area (Å²) in [5, 5.41) is 5.36. The van der Waals surface area contributed by atoms with Gasteiger partial charge in [0.25, 0.3) is 5.91 Å². The number of rotatable bonds is 8. The molecule has 0 aliphatic heterocycles. The second-order valence-electron chi connectivity index (χ2n) is 5.74. The number of nitrogens with one attached hydrogen (secondary N) is 2. The number of halogens is 2. The summed E-state index contributed by atoms with van der Waals surface area (Å²) in [4.78, 5) is 25.7. The van der Waals surface area contributed by atoms with Crippen LogP contribution in [0.3, 0.4) is 0 Å². The Labute approximate surface area is 166 Å². The molecule has 138 valence electrons. The van der Waals surface area contributed by atoms with Crippen molar-refractivity contribution in [3.8, 4) is 0 Å². The molecule has 0 fully saturated rings. The number of carbonyl (C=O) groups excluding carboxylic acids is 2. The van der Waals surface area contributed by atoms with Crippen LogP contribution in [0.1, 0.15) is 16.8 Å². The van der Waals surface area contributed by atoms with Crippen molar-refractivity contribution in [2.24, 2.45) is 0 Å². The summed E-state index contributed by atoms with van der Waals surface area (Å²) in [7, 11) is 1.81. The minimum Gasteiger partial charge on any atom is -0.372 e. The molecule has 26 heavy (non-hydrogen) atoms. The van der Waals surface area contributed by atoms with Gasteiger partial charge in [-0.2, -0.15) is 0 Å². The topological polar surface area (TPSA) is 61.4 Å². The molecule has 0 saturated heterocycles. The fraction of sp³-hybridized carbons (Fsp3) is 0.263. The largest absolute Gasteiger partial charge is 0.372 e. The molecule has 7 heteroatoms. The molecule has 0 atom stereocenters. The number of hydrogen-bond acceptors (Lipinski definition) is 3. The molecule has 5 nitrogen and oxygen atoms in total. The lowest BCUT2D eigenvalue weighted by atomic mass is 10.2. The number of nitrogens with zero attached hydrogens (tertiary/aromatic N) is 1. The minimum atomic E-state index is -0.274. The normalized spacial score (nSPS) is 10.3. The number of hydrogen-bond donors (Lipinski definition) is 2. The van der Waals surface area contributed by atoms with Gasteiger partial charge in [0.05, 0.1) is 17.8 Å². The molecule has 2 N–H and O–H groups in total. The zero-order chi connectivity index (χ0) is 18.9. The maximum Gasteiger partial charge on any atom is 0.252 e. The van der Waals surface area contributed by atoms with Crippen LogP contribution in [0.25, 0.3) is 0 Å². The zero-order valence-corrected chi connectivity index (χ0v) is 16.6. The molecule has 0 radical (unpaired) electrons. The van der Waals surface area contributed by atoms with Gasteiger partial charge in [0, 0.05) is 23.7 Å². The Bertz CT molecular complexity index is 770. The molecule has 2 rings (SSSR count). The van der Waals surface area contributed by atoms with Gasteiger partial charge in [0.15, 0.2) is 0 Å². The van der Waals surface area contributed by atoms with Gasteiger partial charge < -0.3 is 15.5 Å². The summed E-state index contributed by atoms with van der Waals surface area (Å²) < 4.78 is 14.5. The fourth-order valence-electron chi connectivity index (χ4n) is 2.39. The highest BCUT2D eigenvalue weighted by Gasteiger charge is 2.11. The third-order valence-corrected chi connectivity index (χ3v) is 4.72. The monoisotopic (exact) mass is 469 g/mol. The van der Waals surface area contributed by atoms with Crippen molar-refractivity contribution < 1.29 is 14.0 Å². The van der Waals surface area contributed by atoms with Gasteiger partial charge in [-0.15, -0.1) is 0 Å². The molecular weight excluding hydrogens is 448 g/mol. The van der Waals surface area contributed by atoms with Crippen molar-refractivity contribution in [3.05, 3.63) is 63.5 Å². The van der Waals surface area contributed by atoms with E-state index in [1.165, 1.54) is 6.07 Å². The number of para-hydroxylation sites is 1. The summed E-state index contributed by atoms with van der Waals surface area (Å²) in [5.74, 6) is -0.792. The predicted molar refractivity (Wildman–Crippen MR) is 109 cm³/mol. The highest BCUT2D eigenvalue weighted by atomic mass is 127. The van der Waals surface area contributed by atoms with E-state index in [4.69, 9.17) is 0 Å². The molecular formula is C19H21FIN3O2. The van der Waals surface area contributed by atoms with E-state index >= 15 is 0 Å². The lowest BCUT2D eigenvalue weighted by Gasteiger charge is -2.19. The predicted octanol–water partition coefficient (Wildman–Crippen LogP) is 2.80. The number of anilines is 1. The smallest absolute Gasteiger partial charge is 0.252 e. The van der Waals surface area contributed by atoms with Crippen LogP contribution in [0.4, 0.5) is 10.1 Å². The summed E-state index contributed by atoms with van der Waals surface area (Å²) in [6, 6.07) is 13.8. The Morgan fingerprint density at radius 2 is 1.77 bits per heavy atom. The molecule has 0 bridgehead atoms. The molecule has 0 aliphatic rings. The molecule has 0 unspecified atom stereocenters. The molecule has 2 aromatic carbocycles. The lowest BCUT2D eigenvalue weighted by Crippen LogP contribution is -2.38. The van der Waals surface area contributed by atoms with Crippen molar-refractivity contribution in [2.75, 3.05) is 31.6 Å². The van der Waals surface area contributed by atoms with Gasteiger partial charge in [0.2, 0.25) is 5.91 Å². The number of carbonyl (C=O) groups is 2. The third kappa shape index (κ3) is 5.98. The second kappa shape index (κ2) is 10.1. The van der Waals surface area contributed by atoms with Gasteiger partial charge in [-0.05, 0) is 53.3 Å². The van der Waals surface area contributed by atoms with Crippen molar-refractivity contribution in [1.29, 1.82) is 0 Å². The van der Waals surface area contributed by atoms with Crippen LogP contribution in [0, 0.1) is 9.39 Å². The number of benzene rings is 2. The first-order valence-electron chi connectivity index (χ1n) is 8.24. The van der Waals surface area contributed by atoms with E-state index in [0.717, 1.165) is 3.57 Å². The van der Waals surface area contributed by atoms with Gasteiger partial charge in [-0.25, -0.2) is 4.39 Å². The molecule has 2 amide bonds. The van der Waals surface area contributed by atoms with E-state index in [1.807, 2.05) is 19.2 Å². The van der Waals surface area contributed by atoms with Crippen molar-refractivity contribution >= 4 is 40.1 Å². The highest BCUT2D eigenvalue weighted by Crippen LogP contribution is 2.16. The quantitative estimate of drug-likeness (QED) is 0.462. The maximum atomic E-state index is 13.7. The van der Waals surface area contributed by atoms with E-state index in [2.05, 4.69) is 33.2 Å². The average Bonchev–Trinajstić information content (AvgIpc) is 2.64. The Morgan fingerprint density at radius 3 is 2.50 bits per heavy atom. The maximum absolute atomic E-state index is 13.7. The molecule has 0 spiro atoms. The van der Waals surface area contributed by atoms with Crippen LogP contribution in [0.15, 0.2) is 48.5 Å². The first-order chi connectivity index (χ1) is 12.5. The van der Waals surface area contributed by atoms with E-state index < -0.39 is 0 Å². The SMILES string of the molecule is CN(CCCNC(=O)CNC(=O)c1ccccc1I)c1ccccc1F. The second-order valence-corrected chi connectivity index (χ2v) is 6.90. The summed E-state index contributed by atoms with van der Waals surface area (Å²) in [6.45, 7) is 0.985. The van der Waals surface area contributed by atoms with Gasteiger partial charge in [-0.1, -0.05) is 24.3 Å². The van der Waals surface area contributed by atoms with Crippen LogP contribution in [-0.2, 0) is 4.79 Å². The Hall–Kier alpha value is -2.16. The van der Waals surface area contributed by atoms with Gasteiger partial charge in [-0.3, -0.25) is 9.59 Å². The summed E-state index contributed by atoms with van der Waals surface area (Å²) in [5.41, 5.74) is 1.08. The first-order valence-corrected chi connectivity index (χ1v) is 9.32. The molecule has 0 saturated carbocycles. The van der Waals surface area contributed by atoms with E-state index in [-0.39, 0.29) is 24.2 Å². The average molecular weight is 469 g/mol. The lowest BCUT2D eigenvalue weighted by molar-refractivity contribution is -0.120. The first kappa shape index (κ1) is 20.2. The van der Waals surface area contributed by atoms with Crippen LogP contribution in [-0.4, -0.2) is 38.5 Å². The van der Waals surface area contributed by atoms with Crippen LogP contribution >= 0.6 is 22.6 Å². The molecule has 0 aromatic heterocycles. The van der Waals surface area contributed by atoms with E-state index in [9.17, 15) is 14.0 Å². The Balaban J connectivity index is 1.67. The molecule has 0 heterocycles. The van der Waals surface area contributed by atoms with E-state index in [1.54, 1.807) is 35.2 Å². The minimum absolute atomic E-state index is 0.0764. The van der Waals surface area contributed by atoms with Crippen LogP contribution < -0.4 is 15.5 Å². The van der Waals surface area contributed by atoms with Gasteiger partial charge >= 0.3 is 0 Å². The van der Waals surface area contributed by atoms with E-state index in [0.29, 0.717) is 30.8 Å². The fourth-order valence-corrected chi connectivity index (χ4v) is 3.02. The van der Waals surface area contributed by atoms with Crippen molar-refractivity contribution in [2.45, 2.75) is 6.42 Å². The van der Waals surface area contributed by atoms with Crippen molar-refractivity contribution in [3.63, 3.8) is 0 Å². The van der Waals surface area contributed by atoms with Crippen LogP contribution in [0.2, 0.25) is 0 Å². The summed E-state index contributed by atoms with van der Waals surface area (Å²) >= 11 is 2.08. The highest BCUT2D eigenvalue weighted by molar-refractivity contribution is 14.1. The standard InChI is InChI=1S/C19H21FIN3O2/c1-24(17-10-5-3-8-15(17)20)12-6-11-22-18(25)13-23-19(26)14-7-2-4-9-16(14)21/h2-5,7-10H,6,11-13H2,1H3,(H,22,25)(H,23,26). The third-order valence-electron chi connectivity index (χ3n) is 3.78. The van der Waals surface area contributed by atoms with Gasteiger partial charge in [0.1, 0.15) is 5.82 Å². The summed E-state index contributed by atoms with van der Waals surface area (Å²) in [6.07, 6.45) is 0.668. The molecule has 2 aromatic rings. The zero-order valence-electron chi connectivity index (χ0n) is 14.5. The van der Waals surface area contributed by atoms with Crippen molar-refractivity contribution in [1.82, 2.24) is 10.6 Å². The Morgan fingerprint density at radius 1 is 1.08 bits per heavy atom. The van der Waals surface area contributed by atoms with Crippen LogP contribution in [0.5, 0.6) is 0 Å². The Kier molecular flexibility index (Phi) is 7.83. The number of amides is 2. The molecule has 0 aliphatic carbocycles.